The number of hydrogen-bond acceptors (Lipinski definition) is 5. The number of carbonyl (C=O) groups excluding carboxylic acids is 1. The average Bonchev–Trinajstić information content (AvgIpc) is 3.10. The van der Waals surface area contributed by atoms with Gasteiger partial charge in [0.15, 0.2) is 0 Å². The van der Waals surface area contributed by atoms with Gasteiger partial charge in [0.25, 0.3) is 7.48 Å². The molecule has 25 heavy (non-hydrogen) atoms. The Bertz CT molecular complexity index is 449. The summed E-state index contributed by atoms with van der Waals surface area (Å²) in [5.74, 6) is 0.253. The quantitative estimate of drug-likeness (QED) is 0.287. The third-order valence-electron chi connectivity index (χ3n) is 5.54. The van der Waals surface area contributed by atoms with E-state index in [1.165, 1.54) is 7.48 Å². The molecule has 2 aliphatic rings. The number of unbranched alkanes of at least 4 members (excludes halogenated alkanes) is 1. The van der Waals surface area contributed by atoms with Gasteiger partial charge in [-0.1, -0.05) is 33.2 Å². The predicted octanol–water partition coefficient (Wildman–Crippen LogP) is 1.58. The number of fused-ring (bicyclic) bond motifs is 1. The van der Waals surface area contributed by atoms with Gasteiger partial charge in [0.05, 0.1) is 0 Å². The van der Waals surface area contributed by atoms with Gasteiger partial charge in [0, 0.05) is 24.9 Å². The van der Waals surface area contributed by atoms with Crippen molar-refractivity contribution in [3.63, 3.8) is 0 Å². The number of likely N-dealkylation sites (tertiary alicyclic amines) is 1. The number of rotatable bonds is 9. The van der Waals surface area contributed by atoms with Crippen molar-refractivity contribution in [2.45, 2.75) is 64.2 Å². The maximum absolute atomic E-state index is 12.5. The van der Waals surface area contributed by atoms with Gasteiger partial charge >= 0.3 is 0 Å². The first-order valence-corrected chi connectivity index (χ1v) is 9.58. The molecule has 0 saturated carbocycles. The largest absolute Gasteiger partial charge is 0.511 e. The second-order valence-corrected chi connectivity index (χ2v) is 6.88. The van der Waals surface area contributed by atoms with E-state index in [4.69, 9.17) is 10.8 Å². The Morgan fingerprint density at radius 3 is 2.64 bits per heavy atom. The fourth-order valence-electron chi connectivity index (χ4n) is 4.26. The summed E-state index contributed by atoms with van der Waals surface area (Å²) in [6.07, 6.45) is 5.38. The molecule has 0 aliphatic carbocycles. The molecule has 0 aromatic carbocycles. The Kier molecular flexibility index (Phi) is 8.96. The second kappa shape index (κ2) is 10.2. The van der Waals surface area contributed by atoms with Crippen LogP contribution < -0.4 is 11.1 Å². The van der Waals surface area contributed by atoms with E-state index in [-0.39, 0.29) is 17.1 Å². The average molecular weight is 352 g/mol. The van der Waals surface area contributed by atoms with Crippen LogP contribution in [0.3, 0.4) is 0 Å². The lowest BCUT2D eigenvalue weighted by molar-refractivity contribution is -0.130. The van der Waals surface area contributed by atoms with Crippen LogP contribution in [-0.2, 0) is 4.79 Å². The molecule has 2 heterocycles. The first-order valence-electron chi connectivity index (χ1n) is 9.58. The van der Waals surface area contributed by atoms with Crippen LogP contribution in [-0.4, -0.2) is 60.1 Å². The summed E-state index contributed by atoms with van der Waals surface area (Å²) in [6, 6.07) is 0. The Morgan fingerprint density at radius 1 is 1.32 bits per heavy atom. The number of amides is 1. The van der Waals surface area contributed by atoms with E-state index >= 15 is 0 Å². The molecular weight excluding hydrogens is 317 g/mol. The molecule has 2 saturated heterocycles. The van der Waals surface area contributed by atoms with Gasteiger partial charge in [0.1, 0.15) is 11.3 Å². The van der Waals surface area contributed by atoms with Gasteiger partial charge in [-0.05, 0) is 38.8 Å². The van der Waals surface area contributed by atoms with Crippen LogP contribution in [0.2, 0.25) is 6.32 Å². The molecule has 6 nitrogen and oxygen atoms in total. The highest BCUT2D eigenvalue weighted by Gasteiger charge is 2.62. The normalized spacial score (nSPS) is 27.4. The summed E-state index contributed by atoms with van der Waals surface area (Å²) in [7, 11) is 1.18. The minimum Gasteiger partial charge on any atom is -0.511 e. The van der Waals surface area contributed by atoms with Crippen LogP contribution in [0.1, 0.15) is 52.4 Å². The van der Waals surface area contributed by atoms with Gasteiger partial charge < -0.3 is 26.1 Å². The second-order valence-electron chi connectivity index (χ2n) is 6.88. The number of nitrogens with two attached hydrogens (primary N) is 1. The van der Waals surface area contributed by atoms with Crippen LogP contribution in [0.4, 0.5) is 0 Å². The Labute approximate surface area is 153 Å². The lowest BCUT2D eigenvalue weighted by Crippen LogP contribution is -2.53. The summed E-state index contributed by atoms with van der Waals surface area (Å²) in [5.41, 5.74) is 4.70. The van der Waals surface area contributed by atoms with Crippen LogP contribution in [0.25, 0.3) is 0 Å². The molecule has 0 aromatic rings. The number of nitrogens with one attached hydrogen (secondary N) is 1. The van der Waals surface area contributed by atoms with E-state index in [9.17, 15) is 9.90 Å². The van der Waals surface area contributed by atoms with Gasteiger partial charge in [0.2, 0.25) is 5.91 Å². The van der Waals surface area contributed by atoms with E-state index < -0.39 is 5.54 Å². The molecule has 2 fully saturated rings. The third kappa shape index (κ3) is 4.57. The molecule has 2 aliphatic heterocycles. The SMILES string of the molecule is C=C(O)[C@]12CN(C(=O)CCCCN)C[C@@]1(CCC[B]O)CCN2.CC. The summed E-state index contributed by atoms with van der Waals surface area (Å²) in [5, 5.41) is 22.6. The molecule has 2 atom stereocenters. The fraction of sp³-hybridized carbons (Fsp3) is 0.833. The standard InChI is InChI=1S/C16H29BN3O3.C2H6/c1-13(21)16-12-20(14(22)5-2-3-9-18)11-15(16,7-10-19-16)6-4-8-17-23;1-2/h19,21,23H,1-12,18H2;1-2H3/t15-,16-;/m1./s1. The molecule has 2 rings (SSSR count). The Hall–Kier alpha value is -1.05. The minimum absolute atomic E-state index is 0.125. The molecule has 7 heteroatoms. The van der Waals surface area contributed by atoms with Crippen LogP contribution in [0, 0.1) is 5.41 Å². The number of aliphatic hydroxyl groups excluding tert-OH is 1. The first-order chi connectivity index (χ1) is 12.0. The van der Waals surface area contributed by atoms with Gasteiger partial charge in [-0.15, -0.1) is 0 Å². The maximum Gasteiger partial charge on any atom is 0.287 e. The number of aliphatic hydroxyl groups is 1. The number of carbonyl (C=O) groups is 1. The van der Waals surface area contributed by atoms with E-state index in [0.29, 0.717) is 32.4 Å². The van der Waals surface area contributed by atoms with Crippen molar-refractivity contribution in [1.29, 1.82) is 0 Å². The van der Waals surface area contributed by atoms with Crippen molar-refractivity contribution in [2.24, 2.45) is 11.1 Å². The fourth-order valence-corrected chi connectivity index (χ4v) is 4.26. The number of nitrogens with zero attached hydrogens (tertiary/aromatic N) is 1. The molecule has 5 N–H and O–H groups in total. The summed E-state index contributed by atoms with van der Waals surface area (Å²) in [4.78, 5) is 14.4. The van der Waals surface area contributed by atoms with Crippen LogP contribution in [0.5, 0.6) is 0 Å². The maximum atomic E-state index is 12.5. The van der Waals surface area contributed by atoms with Crippen molar-refractivity contribution in [2.75, 3.05) is 26.2 Å². The number of hydrogen-bond donors (Lipinski definition) is 4. The smallest absolute Gasteiger partial charge is 0.287 e. The molecule has 0 spiro atoms. The van der Waals surface area contributed by atoms with Crippen molar-refractivity contribution in [1.82, 2.24) is 10.2 Å². The highest BCUT2D eigenvalue weighted by molar-refractivity contribution is 6.25. The summed E-state index contributed by atoms with van der Waals surface area (Å²) >= 11 is 0. The topological polar surface area (TPSA) is 98.8 Å². The minimum atomic E-state index is -0.605. The Balaban J connectivity index is 0.00000151. The monoisotopic (exact) mass is 352 g/mol. The van der Waals surface area contributed by atoms with Crippen LogP contribution in [0.15, 0.2) is 12.3 Å². The molecule has 143 valence electrons. The first kappa shape index (κ1) is 22.0. The Morgan fingerprint density at radius 2 is 2.04 bits per heavy atom. The molecular formula is C18H35BN3O3. The van der Waals surface area contributed by atoms with Crippen LogP contribution >= 0.6 is 0 Å². The highest BCUT2D eigenvalue weighted by atomic mass is 16.3. The zero-order valence-electron chi connectivity index (χ0n) is 15.9. The summed E-state index contributed by atoms with van der Waals surface area (Å²) in [6.45, 7) is 10.3. The summed E-state index contributed by atoms with van der Waals surface area (Å²) < 4.78 is 0. The molecule has 1 radical (unpaired) electrons. The van der Waals surface area contributed by atoms with Gasteiger partial charge in [-0.25, -0.2) is 0 Å². The van der Waals surface area contributed by atoms with Gasteiger partial charge in [-0.3, -0.25) is 4.79 Å². The van der Waals surface area contributed by atoms with Crippen molar-refractivity contribution < 1.29 is 14.9 Å². The van der Waals surface area contributed by atoms with E-state index in [2.05, 4.69) is 11.9 Å². The molecule has 0 aromatic heterocycles. The zero-order chi connectivity index (χ0) is 18.9. The van der Waals surface area contributed by atoms with Crippen molar-refractivity contribution in [3.05, 3.63) is 12.3 Å². The lowest BCUT2D eigenvalue weighted by atomic mass is 9.68. The highest BCUT2D eigenvalue weighted by Crippen LogP contribution is 2.52. The van der Waals surface area contributed by atoms with E-state index in [1.807, 2.05) is 18.7 Å². The van der Waals surface area contributed by atoms with Crippen molar-refractivity contribution in [3.8, 4) is 0 Å². The van der Waals surface area contributed by atoms with E-state index in [1.54, 1.807) is 0 Å². The van der Waals surface area contributed by atoms with Gasteiger partial charge in [-0.2, -0.15) is 0 Å². The lowest BCUT2D eigenvalue weighted by Gasteiger charge is -2.38. The van der Waals surface area contributed by atoms with Crippen molar-refractivity contribution >= 4 is 13.4 Å². The molecule has 0 bridgehead atoms. The zero-order valence-corrected chi connectivity index (χ0v) is 15.9. The predicted molar refractivity (Wildman–Crippen MR) is 102 cm³/mol. The molecule has 1 amide bonds. The molecule has 0 unspecified atom stereocenters. The third-order valence-corrected chi connectivity index (χ3v) is 5.54. The van der Waals surface area contributed by atoms with E-state index in [0.717, 1.165) is 38.6 Å².